The molecule has 2 rings (SSSR count). The largest absolute Gasteiger partial charge is 0.393 e. The molecule has 0 radical (unpaired) electrons. The van der Waals surface area contributed by atoms with Crippen LogP contribution in [0.5, 0.6) is 0 Å². The fraction of sp³-hybridized carbons (Fsp3) is 0.500. The molecule has 1 aliphatic rings. The molecule has 1 saturated heterocycles. The molecule has 0 saturated carbocycles. The molecule has 2 heterocycles. The standard InChI is InChI=1S/C12H12ClF3N2O/c13-10-4-3-8(6-17-10)11(19)18-5-1-2-9(7-18)12(14,15)16/h3-4,6,9H,1-2,5,7H2/t9-/m1/s1. The quantitative estimate of drug-likeness (QED) is 0.745. The summed E-state index contributed by atoms with van der Waals surface area (Å²) >= 11 is 5.60. The van der Waals surface area contributed by atoms with Crippen LogP contribution in [-0.2, 0) is 0 Å². The van der Waals surface area contributed by atoms with E-state index in [1.165, 1.54) is 23.2 Å². The summed E-state index contributed by atoms with van der Waals surface area (Å²) in [6, 6.07) is 2.91. The number of amides is 1. The number of rotatable bonds is 1. The van der Waals surface area contributed by atoms with Gasteiger partial charge in [0.15, 0.2) is 0 Å². The van der Waals surface area contributed by atoms with Crippen LogP contribution in [0.25, 0.3) is 0 Å². The molecular formula is C12H12ClF3N2O. The first-order valence-electron chi connectivity index (χ1n) is 5.85. The molecule has 1 amide bonds. The first-order chi connectivity index (χ1) is 8.88. The molecule has 1 fully saturated rings. The second-order valence-corrected chi connectivity index (χ2v) is 4.89. The summed E-state index contributed by atoms with van der Waals surface area (Å²) in [5.74, 6) is -1.87. The van der Waals surface area contributed by atoms with E-state index in [0.29, 0.717) is 13.0 Å². The van der Waals surface area contributed by atoms with Crippen molar-refractivity contribution in [2.45, 2.75) is 19.0 Å². The van der Waals surface area contributed by atoms with E-state index in [9.17, 15) is 18.0 Å². The van der Waals surface area contributed by atoms with Crippen LogP contribution in [0.1, 0.15) is 23.2 Å². The average Bonchev–Trinajstić information content (AvgIpc) is 2.38. The third-order valence-corrected chi connectivity index (χ3v) is 3.37. The Morgan fingerprint density at radius 2 is 2.16 bits per heavy atom. The number of likely N-dealkylation sites (tertiary alicyclic amines) is 1. The molecule has 1 atom stereocenters. The van der Waals surface area contributed by atoms with Crippen molar-refractivity contribution < 1.29 is 18.0 Å². The summed E-state index contributed by atoms with van der Waals surface area (Å²) in [6.07, 6.45) is -2.54. The topological polar surface area (TPSA) is 33.2 Å². The van der Waals surface area contributed by atoms with Crippen LogP contribution in [0, 0.1) is 5.92 Å². The molecule has 1 aromatic heterocycles. The van der Waals surface area contributed by atoms with Gasteiger partial charge in [-0.1, -0.05) is 11.6 Å². The van der Waals surface area contributed by atoms with Gasteiger partial charge < -0.3 is 4.90 Å². The van der Waals surface area contributed by atoms with Crippen molar-refractivity contribution >= 4 is 17.5 Å². The summed E-state index contributed by atoms with van der Waals surface area (Å²) in [4.78, 5) is 17.0. The number of carbonyl (C=O) groups excluding carboxylic acids is 1. The Morgan fingerprint density at radius 1 is 1.42 bits per heavy atom. The summed E-state index contributed by atoms with van der Waals surface area (Å²) in [7, 11) is 0. The number of nitrogens with zero attached hydrogens (tertiary/aromatic N) is 2. The van der Waals surface area contributed by atoms with Gasteiger partial charge in [-0.05, 0) is 25.0 Å². The van der Waals surface area contributed by atoms with Crippen LogP contribution in [0.15, 0.2) is 18.3 Å². The zero-order valence-electron chi connectivity index (χ0n) is 9.95. The number of aromatic nitrogens is 1. The monoisotopic (exact) mass is 292 g/mol. The van der Waals surface area contributed by atoms with Crippen LogP contribution in [-0.4, -0.2) is 35.1 Å². The molecule has 0 spiro atoms. The molecule has 3 nitrogen and oxygen atoms in total. The summed E-state index contributed by atoms with van der Waals surface area (Å²) < 4.78 is 38.0. The SMILES string of the molecule is O=C(c1ccc(Cl)nc1)N1CCC[C@@H](C(F)(F)F)C1. The van der Waals surface area contributed by atoms with Gasteiger partial charge in [0.2, 0.25) is 0 Å². The normalized spacial score (nSPS) is 20.4. The van der Waals surface area contributed by atoms with Gasteiger partial charge in [0.05, 0.1) is 11.5 Å². The molecule has 0 unspecified atom stereocenters. The third-order valence-electron chi connectivity index (χ3n) is 3.15. The minimum absolute atomic E-state index is 0.0755. The predicted octanol–water partition coefficient (Wildman–Crippen LogP) is 3.15. The highest BCUT2D eigenvalue weighted by atomic mass is 35.5. The highest BCUT2D eigenvalue weighted by molar-refractivity contribution is 6.29. The zero-order chi connectivity index (χ0) is 14.0. The van der Waals surface area contributed by atoms with E-state index in [-0.39, 0.29) is 23.7 Å². The van der Waals surface area contributed by atoms with Gasteiger partial charge in [-0.25, -0.2) is 4.98 Å². The maximum Gasteiger partial charge on any atom is 0.393 e. The van der Waals surface area contributed by atoms with E-state index in [0.717, 1.165) is 0 Å². The molecule has 0 aliphatic carbocycles. The van der Waals surface area contributed by atoms with E-state index < -0.39 is 18.0 Å². The zero-order valence-corrected chi connectivity index (χ0v) is 10.7. The van der Waals surface area contributed by atoms with Gasteiger partial charge in [-0.2, -0.15) is 13.2 Å². The number of hydrogen-bond donors (Lipinski definition) is 0. The van der Waals surface area contributed by atoms with Crippen LogP contribution in [0.3, 0.4) is 0 Å². The highest BCUT2D eigenvalue weighted by Gasteiger charge is 2.42. The van der Waals surface area contributed by atoms with E-state index in [4.69, 9.17) is 11.6 Å². The van der Waals surface area contributed by atoms with Gasteiger partial charge in [0.1, 0.15) is 5.15 Å². The Hall–Kier alpha value is -1.30. The lowest BCUT2D eigenvalue weighted by Gasteiger charge is -2.33. The Kier molecular flexibility index (Phi) is 3.99. The minimum Gasteiger partial charge on any atom is -0.338 e. The molecule has 1 aromatic rings. The van der Waals surface area contributed by atoms with E-state index in [1.807, 2.05) is 0 Å². The molecule has 0 aromatic carbocycles. The number of pyridine rings is 1. The minimum atomic E-state index is -4.25. The van der Waals surface area contributed by atoms with Crippen molar-refractivity contribution in [2.24, 2.45) is 5.92 Å². The first-order valence-corrected chi connectivity index (χ1v) is 6.23. The van der Waals surface area contributed by atoms with E-state index in [1.54, 1.807) is 0 Å². The smallest absolute Gasteiger partial charge is 0.338 e. The number of alkyl halides is 3. The summed E-state index contributed by atoms with van der Waals surface area (Å²) in [5, 5.41) is 0.239. The Morgan fingerprint density at radius 3 is 2.74 bits per heavy atom. The molecular weight excluding hydrogens is 281 g/mol. The third kappa shape index (κ3) is 3.37. The lowest BCUT2D eigenvalue weighted by atomic mass is 9.97. The van der Waals surface area contributed by atoms with Crippen LogP contribution < -0.4 is 0 Å². The predicted molar refractivity (Wildman–Crippen MR) is 63.9 cm³/mol. The molecule has 0 N–H and O–H groups in total. The van der Waals surface area contributed by atoms with Crippen molar-refractivity contribution in [3.8, 4) is 0 Å². The second-order valence-electron chi connectivity index (χ2n) is 4.50. The summed E-state index contributed by atoms with van der Waals surface area (Å²) in [5.41, 5.74) is 0.257. The van der Waals surface area contributed by atoms with Gasteiger partial charge >= 0.3 is 6.18 Å². The van der Waals surface area contributed by atoms with Crippen molar-refractivity contribution in [1.82, 2.24) is 9.88 Å². The average molecular weight is 293 g/mol. The highest BCUT2D eigenvalue weighted by Crippen LogP contribution is 2.33. The van der Waals surface area contributed by atoms with Gasteiger partial charge in [0, 0.05) is 19.3 Å². The van der Waals surface area contributed by atoms with Crippen LogP contribution >= 0.6 is 11.6 Å². The van der Waals surface area contributed by atoms with Crippen LogP contribution in [0.4, 0.5) is 13.2 Å². The van der Waals surface area contributed by atoms with E-state index in [2.05, 4.69) is 4.98 Å². The maximum absolute atomic E-state index is 12.7. The van der Waals surface area contributed by atoms with E-state index >= 15 is 0 Å². The number of halogens is 4. The molecule has 104 valence electrons. The van der Waals surface area contributed by atoms with Crippen molar-refractivity contribution in [1.29, 1.82) is 0 Å². The van der Waals surface area contributed by atoms with Gasteiger partial charge in [0.25, 0.3) is 5.91 Å². The van der Waals surface area contributed by atoms with Crippen LogP contribution in [0.2, 0.25) is 5.15 Å². The Labute approximate surface area is 113 Å². The van der Waals surface area contributed by atoms with Gasteiger partial charge in [-0.15, -0.1) is 0 Å². The Bertz CT molecular complexity index is 461. The van der Waals surface area contributed by atoms with Crippen molar-refractivity contribution in [3.05, 3.63) is 29.0 Å². The lowest BCUT2D eigenvalue weighted by molar-refractivity contribution is -0.184. The second kappa shape index (κ2) is 5.36. The molecule has 19 heavy (non-hydrogen) atoms. The number of hydrogen-bond acceptors (Lipinski definition) is 2. The van der Waals surface area contributed by atoms with Crippen molar-refractivity contribution in [2.75, 3.05) is 13.1 Å². The first kappa shape index (κ1) is 14.1. The Balaban J connectivity index is 2.09. The number of carbonyl (C=O) groups is 1. The lowest BCUT2D eigenvalue weighted by Crippen LogP contribution is -2.44. The molecule has 7 heteroatoms. The summed E-state index contributed by atoms with van der Waals surface area (Å²) in [6.45, 7) is 0.0546. The fourth-order valence-corrected chi connectivity index (χ4v) is 2.23. The molecule has 1 aliphatic heterocycles. The van der Waals surface area contributed by atoms with Gasteiger partial charge in [-0.3, -0.25) is 4.79 Å². The maximum atomic E-state index is 12.7. The van der Waals surface area contributed by atoms with Crippen molar-refractivity contribution in [3.63, 3.8) is 0 Å². The number of piperidine rings is 1. The molecule has 0 bridgehead atoms. The fourth-order valence-electron chi connectivity index (χ4n) is 2.11.